The molecule has 0 bridgehead atoms. The number of unbranched alkanes of at least 4 members (excludes halogenated alkanes) is 4. The van der Waals surface area contributed by atoms with E-state index >= 15 is 0 Å². The van der Waals surface area contributed by atoms with Crippen LogP contribution in [0.4, 0.5) is 10.3 Å². The van der Waals surface area contributed by atoms with Crippen molar-refractivity contribution in [2.24, 2.45) is 0 Å². The van der Waals surface area contributed by atoms with Crippen molar-refractivity contribution in [2.45, 2.75) is 44.9 Å². The molecule has 0 saturated heterocycles. The molecule has 0 spiro atoms. The van der Waals surface area contributed by atoms with Gasteiger partial charge in [-0.3, -0.25) is 9.59 Å². The fourth-order valence-electron chi connectivity index (χ4n) is 6.40. The summed E-state index contributed by atoms with van der Waals surface area (Å²) in [7, 11) is 0. The van der Waals surface area contributed by atoms with Gasteiger partial charge in [0.15, 0.2) is 10.3 Å². The fraction of sp³-hybridized carbons (Fsp3) is 0.200. The average molecular weight is 601 g/mol. The summed E-state index contributed by atoms with van der Waals surface area (Å²) in [5.41, 5.74) is 6.64. The molecule has 0 fully saturated rings. The number of carbonyl (C=O) groups excluding carboxylic acids is 2. The molecule has 2 N–H and O–H groups in total. The molecule has 0 radical (unpaired) electrons. The molecule has 2 heterocycles. The molecule has 8 heteroatoms. The van der Waals surface area contributed by atoms with Crippen LogP contribution in [0, 0.1) is 0 Å². The van der Waals surface area contributed by atoms with Gasteiger partial charge in [-0.2, -0.15) is 0 Å². The molecule has 212 valence electrons. The van der Waals surface area contributed by atoms with E-state index in [-0.39, 0.29) is 11.8 Å². The Labute approximate surface area is 256 Å². The Morgan fingerprint density at radius 3 is 1.37 bits per heavy atom. The Balaban J connectivity index is 0.765. The van der Waals surface area contributed by atoms with E-state index < -0.39 is 0 Å². The Bertz CT molecular complexity index is 1820. The van der Waals surface area contributed by atoms with Gasteiger partial charge in [0.1, 0.15) is 0 Å². The van der Waals surface area contributed by atoms with Crippen molar-refractivity contribution in [3.05, 3.63) is 72.8 Å². The van der Waals surface area contributed by atoms with Crippen molar-refractivity contribution in [1.29, 1.82) is 0 Å². The third-order valence-electron chi connectivity index (χ3n) is 8.36. The molecular weight excluding hydrogens is 573 g/mol. The summed E-state index contributed by atoms with van der Waals surface area (Å²) >= 11 is 3.10. The largest absolute Gasteiger partial charge is 0.302 e. The number of aromatic nitrogens is 2. The molecule has 0 atom stereocenters. The number of anilines is 2. The Hall–Kier alpha value is -4.40. The second-order valence-electron chi connectivity index (χ2n) is 11.2. The van der Waals surface area contributed by atoms with E-state index in [0.29, 0.717) is 23.1 Å². The number of carbonyl (C=O) groups is 2. The van der Waals surface area contributed by atoms with Gasteiger partial charge in [0.2, 0.25) is 11.8 Å². The van der Waals surface area contributed by atoms with Crippen LogP contribution in [0.5, 0.6) is 0 Å². The highest BCUT2D eigenvalue weighted by Gasteiger charge is 2.27. The summed E-state index contributed by atoms with van der Waals surface area (Å²) < 4.78 is 0. The molecule has 2 aromatic heterocycles. The highest BCUT2D eigenvalue weighted by atomic mass is 32.1. The van der Waals surface area contributed by atoms with Crippen LogP contribution in [0.25, 0.3) is 64.9 Å². The van der Waals surface area contributed by atoms with Crippen LogP contribution in [0.3, 0.4) is 0 Å². The quantitative estimate of drug-likeness (QED) is 0.153. The van der Waals surface area contributed by atoms with Gasteiger partial charge in [0.05, 0.1) is 21.1 Å². The van der Waals surface area contributed by atoms with Crippen molar-refractivity contribution in [3.8, 4) is 43.4 Å². The van der Waals surface area contributed by atoms with E-state index in [4.69, 9.17) is 9.97 Å². The van der Waals surface area contributed by atoms with Crippen LogP contribution in [0.2, 0.25) is 0 Å². The Kier molecular flexibility index (Phi) is 6.53. The third kappa shape index (κ3) is 4.62. The number of benzene rings is 4. The van der Waals surface area contributed by atoms with Crippen molar-refractivity contribution >= 4 is 66.3 Å². The highest BCUT2D eigenvalue weighted by molar-refractivity contribution is 7.20. The van der Waals surface area contributed by atoms with E-state index in [1.807, 2.05) is 0 Å². The summed E-state index contributed by atoms with van der Waals surface area (Å²) in [4.78, 5) is 37.0. The first-order valence-electron chi connectivity index (χ1n) is 14.8. The number of hydrogen-bond acceptors (Lipinski definition) is 6. The molecule has 2 aliphatic carbocycles. The predicted molar refractivity (Wildman–Crippen MR) is 178 cm³/mol. The lowest BCUT2D eigenvalue weighted by molar-refractivity contribution is -0.117. The Morgan fingerprint density at radius 1 is 0.535 bits per heavy atom. The molecule has 2 amide bonds. The second kappa shape index (κ2) is 10.7. The first-order chi connectivity index (χ1) is 21.1. The van der Waals surface area contributed by atoms with E-state index in [2.05, 4.69) is 83.4 Å². The number of amides is 2. The van der Waals surface area contributed by atoms with Crippen molar-refractivity contribution in [2.75, 3.05) is 10.6 Å². The lowest BCUT2D eigenvalue weighted by Crippen LogP contribution is -2.11. The van der Waals surface area contributed by atoms with Crippen molar-refractivity contribution in [3.63, 3.8) is 0 Å². The van der Waals surface area contributed by atoms with E-state index in [1.165, 1.54) is 32.7 Å². The number of rotatable bonds is 10. The summed E-state index contributed by atoms with van der Waals surface area (Å²) in [5.74, 6) is 0.0139. The van der Waals surface area contributed by atoms with Crippen molar-refractivity contribution < 1.29 is 9.59 Å². The monoisotopic (exact) mass is 600 g/mol. The first kappa shape index (κ1) is 26.2. The van der Waals surface area contributed by atoms with Gasteiger partial charge in [0.25, 0.3) is 0 Å². The molecular formula is C35H28N4O2S2. The van der Waals surface area contributed by atoms with Crippen LogP contribution >= 0.6 is 22.7 Å². The molecule has 0 aliphatic heterocycles. The van der Waals surface area contributed by atoms with Gasteiger partial charge in [-0.05, 0) is 34.4 Å². The van der Waals surface area contributed by atoms with Gasteiger partial charge in [-0.25, -0.2) is 9.97 Å². The molecule has 4 aromatic carbocycles. The van der Waals surface area contributed by atoms with Gasteiger partial charge in [-0.1, -0.05) is 115 Å². The number of nitrogens with zero attached hydrogens (tertiary/aromatic N) is 2. The van der Waals surface area contributed by atoms with Crippen LogP contribution in [-0.2, 0) is 9.59 Å². The smallest absolute Gasteiger partial charge is 0.226 e. The van der Waals surface area contributed by atoms with E-state index in [1.54, 1.807) is 22.7 Å². The molecule has 0 unspecified atom stereocenters. The summed E-state index contributed by atoms with van der Waals surface area (Å²) in [5, 5.41) is 12.3. The van der Waals surface area contributed by atoms with Gasteiger partial charge in [0, 0.05) is 35.1 Å². The maximum Gasteiger partial charge on any atom is 0.226 e. The number of fused-ring (bicyclic) bond motifs is 6. The normalized spacial score (nSPS) is 12.1. The number of thiazole rings is 2. The second-order valence-corrected chi connectivity index (χ2v) is 13.2. The molecule has 6 aromatic rings. The number of hydrogen-bond donors (Lipinski definition) is 2. The van der Waals surface area contributed by atoms with Crippen LogP contribution in [0.1, 0.15) is 44.9 Å². The zero-order valence-corrected chi connectivity index (χ0v) is 25.0. The van der Waals surface area contributed by atoms with Crippen molar-refractivity contribution in [1.82, 2.24) is 9.97 Å². The van der Waals surface area contributed by atoms with Crippen LogP contribution in [0.15, 0.2) is 72.8 Å². The summed E-state index contributed by atoms with van der Waals surface area (Å²) in [6, 6.07) is 25.3. The maximum absolute atomic E-state index is 12.6. The van der Waals surface area contributed by atoms with E-state index in [0.717, 1.165) is 64.4 Å². The first-order valence-corrected chi connectivity index (χ1v) is 16.4. The predicted octanol–water partition coefficient (Wildman–Crippen LogP) is 9.51. The maximum atomic E-state index is 12.6. The minimum Gasteiger partial charge on any atom is -0.302 e. The average Bonchev–Trinajstić information content (AvgIpc) is 3.76. The molecule has 2 aliphatic rings. The lowest BCUT2D eigenvalue weighted by atomic mass is 10.0. The molecule has 6 nitrogen and oxygen atoms in total. The van der Waals surface area contributed by atoms with Gasteiger partial charge >= 0.3 is 0 Å². The zero-order chi connectivity index (χ0) is 28.9. The Morgan fingerprint density at radius 2 is 0.930 bits per heavy atom. The fourth-order valence-corrected chi connectivity index (χ4v) is 8.45. The third-order valence-corrected chi connectivity index (χ3v) is 10.4. The van der Waals surface area contributed by atoms with E-state index in [9.17, 15) is 9.59 Å². The number of nitrogens with one attached hydrogen (secondary N) is 2. The highest BCUT2D eigenvalue weighted by Crippen LogP contribution is 2.51. The topological polar surface area (TPSA) is 84.0 Å². The summed E-state index contributed by atoms with van der Waals surface area (Å²) in [6.07, 6.45) is 5.52. The minimum absolute atomic E-state index is 0.00694. The minimum atomic E-state index is 0.00694. The lowest BCUT2D eigenvalue weighted by Gasteiger charge is -2.05. The molecule has 8 rings (SSSR count). The zero-order valence-electron chi connectivity index (χ0n) is 23.4. The van der Waals surface area contributed by atoms with Crippen LogP contribution in [-0.4, -0.2) is 21.8 Å². The van der Waals surface area contributed by atoms with Gasteiger partial charge in [-0.15, -0.1) is 0 Å². The molecule has 43 heavy (non-hydrogen) atoms. The summed E-state index contributed by atoms with van der Waals surface area (Å²) in [6.45, 7) is 0. The standard InChI is InChI=1S/C35H28N4O2S2/c40-26(36-34-38-30-22-14-6-10-20-12-8-16-24(28(20)22)32(30)42-34)18-4-2-1-3-5-19-27(41)37-35-39-31-23-15-7-11-21-13-9-17-25(29(21)23)33(31)43-35/h6-17H,1-5,18-19H2,(H,36,38,40)(H,37,39,41). The SMILES string of the molecule is O=C(CCCCCCCC(=O)Nc1nc2c(s1)-c1cccc3cccc-2c13)Nc1nc2c(s1)-c1cccc3cccc-2c13. The van der Waals surface area contributed by atoms with Gasteiger partial charge < -0.3 is 10.6 Å². The molecule has 0 saturated carbocycles. The van der Waals surface area contributed by atoms with Crippen LogP contribution < -0.4 is 10.6 Å².